The van der Waals surface area contributed by atoms with E-state index in [4.69, 9.17) is 0 Å². The van der Waals surface area contributed by atoms with Crippen LogP contribution in [0.15, 0.2) is 78.9 Å². The third-order valence-electron chi connectivity index (χ3n) is 8.52. The lowest BCUT2D eigenvalue weighted by Gasteiger charge is -2.22. The van der Waals surface area contributed by atoms with Gasteiger partial charge in [0.25, 0.3) is 0 Å². The fourth-order valence-electron chi connectivity index (χ4n) is 5.84. The molecule has 3 aromatic carbocycles. The molecule has 214 valence electrons. The van der Waals surface area contributed by atoms with Gasteiger partial charge in [-0.3, -0.25) is 0 Å². The molecule has 3 aromatic rings. The van der Waals surface area contributed by atoms with Crippen molar-refractivity contribution in [2.45, 2.75) is 112 Å². The molecule has 0 N–H and O–H groups in total. The maximum absolute atomic E-state index is 2.43. The Balaban J connectivity index is 0.000000429. The first-order valence-corrected chi connectivity index (χ1v) is 16.1. The van der Waals surface area contributed by atoms with E-state index in [1.165, 1.54) is 76.6 Å². The summed E-state index contributed by atoms with van der Waals surface area (Å²) in [6.07, 6.45) is 15.0. The normalized spacial score (nSPS) is 16.8. The minimum Gasteiger partial charge on any atom is -0.0871 e. The van der Waals surface area contributed by atoms with Crippen LogP contribution in [0.1, 0.15) is 127 Å². The van der Waals surface area contributed by atoms with Crippen LogP contribution in [0.2, 0.25) is 0 Å². The van der Waals surface area contributed by atoms with Gasteiger partial charge in [-0.15, -0.1) is 0 Å². The minimum atomic E-state index is 0.0340. The molecule has 6 rings (SSSR count). The fourth-order valence-corrected chi connectivity index (χ4v) is 5.84. The van der Waals surface area contributed by atoms with E-state index in [1.807, 2.05) is 27.7 Å². The van der Waals surface area contributed by atoms with E-state index >= 15 is 0 Å². The summed E-state index contributed by atoms with van der Waals surface area (Å²) in [4.78, 5) is 0. The third-order valence-corrected chi connectivity index (χ3v) is 8.52. The topological polar surface area (TPSA) is 0 Å². The van der Waals surface area contributed by atoms with Gasteiger partial charge in [0, 0.05) is 5.41 Å². The van der Waals surface area contributed by atoms with Crippen molar-refractivity contribution in [3.8, 4) is 11.1 Å². The van der Waals surface area contributed by atoms with Crippen LogP contribution >= 0.6 is 0 Å². The lowest BCUT2D eigenvalue weighted by molar-refractivity contribution is 0.346. The molecule has 0 unspecified atom stereocenters. The van der Waals surface area contributed by atoms with Gasteiger partial charge in [-0.25, -0.2) is 0 Å². The average molecular weight is 535 g/mol. The van der Waals surface area contributed by atoms with Crippen molar-refractivity contribution in [3.05, 3.63) is 112 Å². The lowest BCUT2D eigenvalue weighted by Crippen LogP contribution is -2.15. The predicted octanol–water partition coefficient (Wildman–Crippen LogP) is 12.2. The molecule has 0 atom stereocenters. The zero-order valence-electron chi connectivity index (χ0n) is 26.9. The van der Waals surface area contributed by atoms with Gasteiger partial charge in [-0.2, -0.15) is 0 Å². The number of fused-ring (bicyclic) bond motifs is 3. The maximum Gasteiger partial charge on any atom is 0.0159 e. The predicted molar refractivity (Wildman–Crippen MR) is 179 cm³/mol. The largest absolute Gasteiger partial charge is 0.0871 e. The molecule has 0 amide bonds. The summed E-state index contributed by atoms with van der Waals surface area (Å²) in [5, 5.41) is 0. The Bertz CT molecular complexity index is 1290. The van der Waals surface area contributed by atoms with Crippen LogP contribution in [0.3, 0.4) is 0 Å². The molecule has 0 spiro atoms. The molecular formula is C40H54. The van der Waals surface area contributed by atoms with Crippen LogP contribution in [0.5, 0.6) is 0 Å². The first kappa shape index (κ1) is 31.7. The summed E-state index contributed by atoms with van der Waals surface area (Å²) in [6, 6.07) is 23.0. The lowest BCUT2D eigenvalue weighted by atomic mass is 9.81. The van der Waals surface area contributed by atoms with Crippen LogP contribution in [-0.2, 0) is 11.8 Å². The molecule has 2 saturated carbocycles. The first-order chi connectivity index (χ1) is 19.4. The van der Waals surface area contributed by atoms with Crippen molar-refractivity contribution in [1.29, 1.82) is 0 Å². The zero-order valence-corrected chi connectivity index (χ0v) is 26.9. The number of allylic oxidation sites excluding steroid dienone is 4. The Labute approximate surface area is 246 Å². The molecular weight excluding hydrogens is 480 g/mol. The third kappa shape index (κ3) is 7.25. The highest BCUT2D eigenvalue weighted by Crippen LogP contribution is 2.49. The van der Waals surface area contributed by atoms with Gasteiger partial charge in [-0.1, -0.05) is 146 Å². The Morgan fingerprint density at radius 3 is 2.00 bits per heavy atom. The zero-order chi connectivity index (χ0) is 29.3. The summed E-state index contributed by atoms with van der Waals surface area (Å²) in [5.41, 5.74) is 12.7. The summed E-state index contributed by atoms with van der Waals surface area (Å²) >= 11 is 0. The van der Waals surface area contributed by atoms with Crippen molar-refractivity contribution in [3.63, 3.8) is 0 Å². The van der Waals surface area contributed by atoms with E-state index in [0.29, 0.717) is 0 Å². The number of hydrogen-bond acceptors (Lipinski definition) is 0. The van der Waals surface area contributed by atoms with Gasteiger partial charge in [-0.05, 0) is 95.5 Å². The molecule has 2 fully saturated rings. The van der Waals surface area contributed by atoms with Crippen LogP contribution in [0.4, 0.5) is 0 Å². The molecule has 0 nitrogen and oxygen atoms in total. The van der Waals surface area contributed by atoms with Crippen LogP contribution < -0.4 is 0 Å². The molecule has 0 aliphatic heterocycles. The Kier molecular flexibility index (Phi) is 11.6. The second-order valence-corrected chi connectivity index (χ2v) is 11.8. The highest BCUT2D eigenvalue weighted by atomic mass is 14.4. The molecule has 0 heterocycles. The summed E-state index contributed by atoms with van der Waals surface area (Å²) in [7, 11) is 0. The van der Waals surface area contributed by atoms with Crippen molar-refractivity contribution in [2.24, 2.45) is 5.92 Å². The monoisotopic (exact) mass is 534 g/mol. The number of rotatable bonds is 5. The minimum absolute atomic E-state index is 0.0340. The standard InChI is InChI=1S/C31H32.C5H10.2C2H6/c1-5-8-22(12-13-23-9-6-7-10-26(23)24-14-15-24)25-16-18-28-27-17-11-21(2)19-29(27)31(3,4)30(28)20-25;1-5-3-2-4-5;2*1-2/h5-12,16-20,24H,13-15H2,1-4H3;5H,2-4H2,1H3;2*1-2H3/b8-5-,22-12+;;;. The number of hydrogen-bond donors (Lipinski definition) is 0. The Morgan fingerprint density at radius 2 is 1.43 bits per heavy atom. The molecule has 3 aliphatic rings. The second kappa shape index (κ2) is 14.7. The first-order valence-electron chi connectivity index (χ1n) is 16.1. The smallest absolute Gasteiger partial charge is 0.0159 e. The van der Waals surface area contributed by atoms with Crippen molar-refractivity contribution >= 4 is 5.57 Å². The molecule has 0 heteroatoms. The Morgan fingerprint density at radius 1 is 0.825 bits per heavy atom. The van der Waals surface area contributed by atoms with E-state index in [-0.39, 0.29) is 5.41 Å². The van der Waals surface area contributed by atoms with Gasteiger partial charge < -0.3 is 0 Å². The van der Waals surface area contributed by atoms with Crippen molar-refractivity contribution in [1.82, 2.24) is 0 Å². The van der Waals surface area contributed by atoms with E-state index < -0.39 is 0 Å². The summed E-state index contributed by atoms with van der Waals surface area (Å²) in [6.45, 7) is 19.3. The van der Waals surface area contributed by atoms with Gasteiger partial charge in [0.15, 0.2) is 0 Å². The molecule has 3 aliphatic carbocycles. The summed E-state index contributed by atoms with van der Waals surface area (Å²) in [5.74, 6) is 1.85. The molecule has 40 heavy (non-hydrogen) atoms. The van der Waals surface area contributed by atoms with Gasteiger partial charge in [0.2, 0.25) is 0 Å². The van der Waals surface area contributed by atoms with Crippen LogP contribution in [0, 0.1) is 12.8 Å². The van der Waals surface area contributed by atoms with Gasteiger partial charge >= 0.3 is 0 Å². The van der Waals surface area contributed by atoms with E-state index in [9.17, 15) is 0 Å². The second-order valence-electron chi connectivity index (χ2n) is 11.8. The summed E-state index contributed by atoms with van der Waals surface area (Å²) < 4.78 is 0. The van der Waals surface area contributed by atoms with Crippen LogP contribution in [-0.4, -0.2) is 0 Å². The van der Waals surface area contributed by atoms with E-state index in [2.05, 4.69) is 114 Å². The molecule has 0 radical (unpaired) electrons. The molecule has 0 aromatic heterocycles. The maximum atomic E-state index is 2.43. The van der Waals surface area contributed by atoms with Crippen LogP contribution in [0.25, 0.3) is 16.7 Å². The van der Waals surface area contributed by atoms with E-state index in [0.717, 1.165) is 18.3 Å². The van der Waals surface area contributed by atoms with Gasteiger partial charge in [0.05, 0.1) is 0 Å². The SMILES string of the molecule is C/C=C\C(=C/Cc1ccccc1C1CC1)c1ccc2c(c1)C(C)(C)c1cc(C)ccc1-2.CC.CC.CC1CCC1. The number of aryl methyl sites for hydroxylation is 1. The highest BCUT2D eigenvalue weighted by Gasteiger charge is 2.35. The fraction of sp³-hybridized carbons (Fsp3) is 0.450. The van der Waals surface area contributed by atoms with E-state index in [1.54, 1.807) is 5.56 Å². The molecule has 0 bridgehead atoms. The van der Waals surface area contributed by atoms with Crippen molar-refractivity contribution in [2.75, 3.05) is 0 Å². The van der Waals surface area contributed by atoms with Gasteiger partial charge in [0.1, 0.15) is 0 Å². The average Bonchev–Trinajstić information content (AvgIpc) is 3.79. The quantitative estimate of drug-likeness (QED) is 0.285. The Hall–Kier alpha value is -2.86. The highest BCUT2D eigenvalue weighted by molar-refractivity contribution is 5.84. The number of benzene rings is 3. The molecule has 0 saturated heterocycles. The van der Waals surface area contributed by atoms with Crippen molar-refractivity contribution < 1.29 is 0 Å².